The molecule has 2 aromatic heterocycles. The van der Waals surface area contributed by atoms with Crippen molar-refractivity contribution in [3.63, 3.8) is 0 Å². The molecule has 0 atom stereocenters. The lowest BCUT2D eigenvalue weighted by Gasteiger charge is -2.08. The van der Waals surface area contributed by atoms with Crippen molar-refractivity contribution in [1.29, 1.82) is 0 Å². The molecule has 0 amide bonds. The Morgan fingerprint density at radius 3 is 1.86 bits per heavy atom. The molecule has 0 fully saturated rings. The van der Waals surface area contributed by atoms with E-state index in [2.05, 4.69) is 4.98 Å². The van der Waals surface area contributed by atoms with E-state index >= 15 is 0 Å². The molecule has 142 valence electrons. The summed E-state index contributed by atoms with van der Waals surface area (Å²) in [6, 6.07) is 22.3. The molecule has 5 rings (SSSR count). The van der Waals surface area contributed by atoms with Crippen LogP contribution >= 0.6 is 0 Å². The van der Waals surface area contributed by atoms with Crippen molar-refractivity contribution >= 4 is 22.2 Å². The van der Waals surface area contributed by atoms with Crippen molar-refractivity contribution in [3.8, 4) is 22.5 Å². The summed E-state index contributed by atoms with van der Waals surface area (Å²) in [5.41, 5.74) is 2.95. The van der Waals surface area contributed by atoms with Gasteiger partial charge < -0.3 is 4.42 Å². The van der Waals surface area contributed by atoms with Crippen LogP contribution in [0.1, 0.15) is 5.56 Å². The summed E-state index contributed by atoms with van der Waals surface area (Å²) in [7, 11) is 0. The first-order valence-corrected chi connectivity index (χ1v) is 8.93. The van der Waals surface area contributed by atoms with Crippen molar-refractivity contribution in [2.24, 2.45) is 0 Å². The smallest absolute Gasteiger partial charge is 0.416 e. The zero-order chi connectivity index (χ0) is 20.0. The molecule has 0 bridgehead atoms. The summed E-state index contributed by atoms with van der Waals surface area (Å²) in [6.45, 7) is 0. The van der Waals surface area contributed by atoms with Crippen molar-refractivity contribution in [2.75, 3.05) is 0 Å². The fraction of sp³-hybridized carbons (Fsp3) is 0.0435. The van der Waals surface area contributed by atoms with Crippen molar-refractivity contribution in [3.05, 3.63) is 84.4 Å². The fourth-order valence-corrected chi connectivity index (χ4v) is 3.35. The summed E-state index contributed by atoms with van der Waals surface area (Å²) in [4.78, 5) is 9.35. The van der Waals surface area contributed by atoms with Crippen LogP contribution in [0, 0.1) is 0 Å². The Labute approximate surface area is 163 Å². The van der Waals surface area contributed by atoms with E-state index in [-0.39, 0.29) is 5.71 Å². The molecule has 5 aromatic rings. The third kappa shape index (κ3) is 3.02. The molecule has 0 radical (unpaired) electrons. The highest BCUT2D eigenvalue weighted by atomic mass is 19.4. The van der Waals surface area contributed by atoms with Crippen LogP contribution in [0.4, 0.5) is 13.2 Å². The highest BCUT2D eigenvalue weighted by molar-refractivity contribution is 6.03. The summed E-state index contributed by atoms with van der Waals surface area (Å²) in [6.07, 6.45) is -4.45. The predicted octanol–water partition coefficient (Wildman–Crippen LogP) is 6.73. The standard InChI is InChI=1S/C23H13F3N2O/c24-23(25,26)16-11-12-18-17(13-16)21-22(29-18)28-20(15-9-5-2-6-10-15)19(27-21)14-7-3-1-4-8-14/h1-13H. The van der Waals surface area contributed by atoms with Gasteiger partial charge in [0.25, 0.3) is 0 Å². The largest absolute Gasteiger partial charge is 0.436 e. The second-order valence-electron chi connectivity index (χ2n) is 6.62. The molecular formula is C23H13F3N2O. The quantitative estimate of drug-likeness (QED) is 0.335. The minimum atomic E-state index is -4.45. The predicted molar refractivity (Wildman–Crippen MR) is 105 cm³/mol. The molecule has 3 aromatic carbocycles. The Bertz CT molecular complexity index is 1330. The number of furan rings is 1. The summed E-state index contributed by atoms with van der Waals surface area (Å²) < 4.78 is 45.3. The minimum absolute atomic E-state index is 0.206. The lowest BCUT2D eigenvalue weighted by molar-refractivity contribution is -0.137. The van der Waals surface area contributed by atoms with E-state index < -0.39 is 11.7 Å². The lowest BCUT2D eigenvalue weighted by atomic mass is 10.0. The van der Waals surface area contributed by atoms with E-state index in [1.807, 2.05) is 60.7 Å². The molecule has 0 spiro atoms. The molecule has 6 heteroatoms. The number of hydrogen-bond acceptors (Lipinski definition) is 3. The Balaban J connectivity index is 1.84. The Hall–Kier alpha value is -3.67. The molecule has 0 aliphatic carbocycles. The number of alkyl halides is 3. The summed E-state index contributed by atoms with van der Waals surface area (Å²) in [5, 5.41) is 0.291. The molecule has 29 heavy (non-hydrogen) atoms. The molecule has 3 nitrogen and oxygen atoms in total. The maximum atomic E-state index is 13.2. The van der Waals surface area contributed by atoms with E-state index in [0.29, 0.717) is 27.9 Å². The van der Waals surface area contributed by atoms with Crippen LogP contribution in [0.5, 0.6) is 0 Å². The van der Waals surface area contributed by atoms with E-state index in [9.17, 15) is 13.2 Å². The maximum absolute atomic E-state index is 13.2. The van der Waals surface area contributed by atoms with Crippen LogP contribution in [0.15, 0.2) is 83.3 Å². The van der Waals surface area contributed by atoms with Gasteiger partial charge in [-0.2, -0.15) is 13.2 Å². The topological polar surface area (TPSA) is 38.9 Å². The van der Waals surface area contributed by atoms with Crippen LogP contribution in [0.3, 0.4) is 0 Å². The number of hydrogen-bond donors (Lipinski definition) is 0. The molecular weight excluding hydrogens is 377 g/mol. The normalized spacial score (nSPS) is 12.0. The molecule has 0 aliphatic rings. The van der Waals surface area contributed by atoms with Crippen LogP contribution in [-0.2, 0) is 6.18 Å². The second kappa shape index (κ2) is 6.44. The van der Waals surface area contributed by atoms with Gasteiger partial charge in [-0.05, 0) is 18.2 Å². The number of halogens is 3. The van der Waals surface area contributed by atoms with Crippen LogP contribution < -0.4 is 0 Å². The number of benzene rings is 3. The maximum Gasteiger partial charge on any atom is 0.416 e. The first-order chi connectivity index (χ1) is 14.0. The molecule has 0 aliphatic heterocycles. The van der Waals surface area contributed by atoms with Gasteiger partial charge in [-0.15, -0.1) is 0 Å². The van der Waals surface area contributed by atoms with Gasteiger partial charge in [-0.1, -0.05) is 60.7 Å². The van der Waals surface area contributed by atoms with Gasteiger partial charge in [0.15, 0.2) is 0 Å². The first-order valence-electron chi connectivity index (χ1n) is 8.93. The third-order valence-corrected chi connectivity index (χ3v) is 4.73. The minimum Gasteiger partial charge on any atom is -0.436 e. The Morgan fingerprint density at radius 2 is 1.28 bits per heavy atom. The number of nitrogens with zero attached hydrogens (tertiary/aromatic N) is 2. The van der Waals surface area contributed by atoms with Gasteiger partial charge in [-0.3, -0.25) is 0 Å². The second-order valence-corrected chi connectivity index (χ2v) is 6.62. The average molecular weight is 390 g/mol. The monoisotopic (exact) mass is 390 g/mol. The summed E-state index contributed by atoms with van der Waals surface area (Å²) >= 11 is 0. The molecule has 0 unspecified atom stereocenters. The fourth-order valence-electron chi connectivity index (χ4n) is 3.35. The van der Waals surface area contributed by atoms with Gasteiger partial charge >= 0.3 is 6.18 Å². The molecule has 2 heterocycles. The van der Waals surface area contributed by atoms with Gasteiger partial charge in [0.2, 0.25) is 5.71 Å². The lowest BCUT2D eigenvalue weighted by Crippen LogP contribution is -2.03. The number of aromatic nitrogens is 2. The summed E-state index contributed by atoms with van der Waals surface area (Å²) in [5.74, 6) is 0. The zero-order valence-corrected chi connectivity index (χ0v) is 14.9. The Kier molecular flexibility index (Phi) is 3.87. The van der Waals surface area contributed by atoms with E-state index in [0.717, 1.165) is 23.3 Å². The molecule has 0 saturated carbocycles. The first kappa shape index (κ1) is 17.4. The van der Waals surface area contributed by atoms with Crippen LogP contribution in [0.25, 0.3) is 44.7 Å². The highest BCUT2D eigenvalue weighted by Gasteiger charge is 2.31. The average Bonchev–Trinajstić information content (AvgIpc) is 3.10. The van der Waals surface area contributed by atoms with Gasteiger partial charge in [0, 0.05) is 16.5 Å². The van der Waals surface area contributed by atoms with E-state index in [1.165, 1.54) is 6.07 Å². The van der Waals surface area contributed by atoms with Crippen LogP contribution in [0.2, 0.25) is 0 Å². The SMILES string of the molecule is FC(F)(F)c1ccc2oc3nc(-c4ccccc4)c(-c4ccccc4)nc3c2c1. The van der Waals surface area contributed by atoms with E-state index in [1.54, 1.807) is 0 Å². The van der Waals surface area contributed by atoms with Crippen molar-refractivity contribution in [1.82, 2.24) is 9.97 Å². The van der Waals surface area contributed by atoms with Gasteiger partial charge in [-0.25, -0.2) is 9.97 Å². The number of fused-ring (bicyclic) bond motifs is 3. The van der Waals surface area contributed by atoms with E-state index in [4.69, 9.17) is 9.40 Å². The third-order valence-electron chi connectivity index (χ3n) is 4.73. The number of rotatable bonds is 2. The van der Waals surface area contributed by atoms with Crippen LogP contribution in [-0.4, -0.2) is 9.97 Å². The van der Waals surface area contributed by atoms with Gasteiger partial charge in [0.05, 0.1) is 11.3 Å². The van der Waals surface area contributed by atoms with Crippen molar-refractivity contribution in [2.45, 2.75) is 6.18 Å². The zero-order valence-electron chi connectivity index (χ0n) is 14.9. The molecule has 0 saturated heterocycles. The molecule has 0 N–H and O–H groups in total. The Morgan fingerprint density at radius 1 is 0.690 bits per heavy atom. The van der Waals surface area contributed by atoms with Crippen molar-refractivity contribution < 1.29 is 17.6 Å². The van der Waals surface area contributed by atoms with Gasteiger partial charge in [0.1, 0.15) is 16.8 Å². The highest BCUT2D eigenvalue weighted by Crippen LogP contribution is 2.37.